The molecule has 4 aromatic rings. The van der Waals surface area contributed by atoms with E-state index in [9.17, 15) is 14.7 Å². The van der Waals surface area contributed by atoms with Crippen LogP contribution in [-0.2, 0) is 11.2 Å². The molecule has 0 unspecified atom stereocenters. The third-order valence-corrected chi connectivity index (χ3v) is 5.90. The number of hydrogen-bond donors (Lipinski definition) is 1. The van der Waals surface area contributed by atoms with Crippen molar-refractivity contribution in [2.75, 3.05) is 6.61 Å². The highest BCUT2D eigenvalue weighted by molar-refractivity contribution is 5.97. The van der Waals surface area contributed by atoms with Gasteiger partial charge in [-0.25, -0.2) is 14.6 Å². The molecule has 1 aromatic heterocycles. The van der Waals surface area contributed by atoms with Crippen LogP contribution in [-0.4, -0.2) is 33.2 Å². The lowest BCUT2D eigenvalue weighted by Gasteiger charge is -2.14. The van der Waals surface area contributed by atoms with Gasteiger partial charge >= 0.3 is 11.9 Å². The molecule has 0 aliphatic rings. The minimum atomic E-state index is -0.951. The van der Waals surface area contributed by atoms with E-state index in [4.69, 9.17) is 9.72 Å². The number of rotatable bonds is 8. The van der Waals surface area contributed by atoms with E-state index < -0.39 is 5.97 Å². The number of fused-ring (bicyclic) bond motifs is 1. The average Bonchev–Trinajstić information content (AvgIpc) is 3.20. The number of nitrogens with zero attached hydrogens (tertiary/aromatic N) is 2. The van der Waals surface area contributed by atoms with E-state index in [0.29, 0.717) is 17.7 Å². The van der Waals surface area contributed by atoms with E-state index in [2.05, 4.69) is 11.5 Å². The van der Waals surface area contributed by atoms with E-state index in [1.807, 2.05) is 49.4 Å². The van der Waals surface area contributed by atoms with E-state index in [1.54, 1.807) is 25.1 Å². The van der Waals surface area contributed by atoms with Crippen LogP contribution in [0.1, 0.15) is 58.8 Å². The van der Waals surface area contributed by atoms with Crippen molar-refractivity contribution in [2.45, 2.75) is 40.0 Å². The number of esters is 1. The fourth-order valence-electron chi connectivity index (χ4n) is 4.25. The number of aromatic nitrogens is 2. The molecule has 0 amide bonds. The van der Waals surface area contributed by atoms with Gasteiger partial charge in [0.1, 0.15) is 5.82 Å². The molecule has 6 heteroatoms. The summed E-state index contributed by atoms with van der Waals surface area (Å²) in [4.78, 5) is 28.9. The lowest BCUT2D eigenvalue weighted by molar-refractivity contribution is 0.0526. The molecule has 6 nitrogen and oxygen atoms in total. The van der Waals surface area contributed by atoms with Crippen LogP contribution in [0.5, 0.6) is 0 Å². The molecule has 0 saturated heterocycles. The normalized spacial score (nSPS) is 11.0. The number of unbranched alkanes of at least 4 members (excludes halogenated alkanes) is 1. The number of carboxylic acids is 1. The fourth-order valence-corrected chi connectivity index (χ4v) is 4.25. The predicted octanol–water partition coefficient (Wildman–Crippen LogP) is 6.22. The van der Waals surface area contributed by atoms with Gasteiger partial charge in [0, 0.05) is 12.1 Å². The third kappa shape index (κ3) is 4.44. The summed E-state index contributed by atoms with van der Waals surface area (Å²) in [7, 11) is 0. The fraction of sp³-hybridized carbons (Fsp3) is 0.250. The zero-order valence-electron chi connectivity index (χ0n) is 19.7. The Hall–Kier alpha value is -3.93. The maximum Gasteiger partial charge on any atom is 0.338 e. The lowest BCUT2D eigenvalue weighted by atomic mass is 9.95. The molecule has 1 N–H and O–H groups in total. The largest absolute Gasteiger partial charge is 0.478 e. The van der Waals surface area contributed by atoms with Gasteiger partial charge in [-0.2, -0.15) is 0 Å². The van der Waals surface area contributed by atoms with Crippen LogP contribution in [0.4, 0.5) is 0 Å². The number of carbonyl (C=O) groups excluding carboxylic acids is 1. The smallest absolute Gasteiger partial charge is 0.338 e. The summed E-state index contributed by atoms with van der Waals surface area (Å²) in [5, 5.41) is 9.62. The molecule has 3 aromatic carbocycles. The van der Waals surface area contributed by atoms with Gasteiger partial charge in [-0.1, -0.05) is 37.6 Å². The lowest BCUT2D eigenvalue weighted by Crippen LogP contribution is -2.06. The Labute approximate surface area is 198 Å². The SMILES string of the molecule is CCCCc1nc2ccc(C(=O)OCC)cc2n1-c1ccc(-c2ccccc2C(=O)O)c(C)c1. The van der Waals surface area contributed by atoms with E-state index in [-0.39, 0.29) is 11.5 Å². The summed E-state index contributed by atoms with van der Waals surface area (Å²) in [6.45, 7) is 6.23. The van der Waals surface area contributed by atoms with Gasteiger partial charge in [0.15, 0.2) is 0 Å². The first kappa shape index (κ1) is 23.2. The number of aromatic carboxylic acids is 1. The molecule has 0 bridgehead atoms. The number of aryl methyl sites for hydroxylation is 2. The number of carbonyl (C=O) groups is 2. The summed E-state index contributed by atoms with van der Waals surface area (Å²) in [6.07, 6.45) is 2.85. The van der Waals surface area contributed by atoms with Crippen LogP contribution >= 0.6 is 0 Å². The Kier molecular flexibility index (Phi) is 6.77. The number of imidazole rings is 1. The van der Waals surface area contributed by atoms with E-state index >= 15 is 0 Å². The minimum Gasteiger partial charge on any atom is -0.478 e. The van der Waals surface area contributed by atoms with Crippen LogP contribution in [0.3, 0.4) is 0 Å². The molecule has 0 fully saturated rings. The summed E-state index contributed by atoms with van der Waals surface area (Å²) in [5.74, 6) is -0.381. The van der Waals surface area contributed by atoms with Crippen LogP contribution in [0.2, 0.25) is 0 Å². The van der Waals surface area contributed by atoms with Gasteiger partial charge in [-0.15, -0.1) is 0 Å². The molecule has 0 spiro atoms. The van der Waals surface area contributed by atoms with Crippen molar-refractivity contribution >= 4 is 23.0 Å². The van der Waals surface area contributed by atoms with Gasteiger partial charge in [0.05, 0.1) is 28.8 Å². The van der Waals surface area contributed by atoms with Gasteiger partial charge in [0.2, 0.25) is 0 Å². The van der Waals surface area contributed by atoms with E-state index in [1.165, 1.54) is 0 Å². The Bertz CT molecular complexity index is 1370. The average molecular weight is 457 g/mol. The third-order valence-electron chi connectivity index (χ3n) is 5.90. The van der Waals surface area contributed by atoms with E-state index in [0.717, 1.165) is 52.9 Å². The first-order valence-electron chi connectivity index (χ1n) is 11.6. The monoisotopic (exact) mass is 456 g/mol. The highest BCUT2D eigenvalue weighted by Gasteiger charge is 2.18. The number of ether oxygens (including phenoxy) is 1. The van der Waals surface area contributed by atoms with Crippen LogP contribution in [0, 0.1) is 6.92 Å². The molecule has 0 saturated carbocycles. The van der Waals surface area contributed by atoms with Gasteiger partial charge in [0.25, 0.3) is 0 Å². The molecule has 4 rings (SSSR count). The molecule has 0 atom stereocenters. The summed E-state index contributed by atoms with van der Waals surface area (Å²) in [5.41, 5.74) is 5.85. The topological polar surface area (TPSA) is 81.4 Å². The molecule has 0 radical (unpaired) electrons. The van der Waals surface area contributed by atoms with Crippen molar-refractivity contribution < 1.29 is 19.4 Å². The molecule has 0 aliphatic heterocycles. The van der Waals surface area contributed by atoms with Crippen LogP contribution in [0.15, 0.2) is 60.7 Å². The second-order valence-electron chi connectivity index (χ2n) is 8.24. The zero-order chi connectivity index (χ0) is 24.2. The Morgan fingerprint density at radius 1 is 1.00 bits per heavy atom. The van der Waals surface area contributed by atoms with Gasteiger partial charge in [-0.3, -0.25) is 4.57 Å². The Balaban J connectivity index is 1.86. The highest BCUT2D eigenvalue weighted by Crippen LogP contribution is 2.31. The van der Waals surface area contributed by atoms with Crippen molar-refractivity contribution in [3.63, 3.8) is 0 Å². The molecular weight excluding hydrogens is 428 g/mol. The molecule has 1 heterocycles. The van der Waals surface area contributed by atoms with Crippen LogP contribution < -0.4 is 0 Å². The molecule has 174 valence electrons. The van der Waals surface area contributed by atoms with Gasteiger partial charge in [-0.05, 0) is 73.4 Å². The summed E-state index contributed by atoms with van der Waals surface area (Å²) < 4.78 is 7.28. The zero-order valence-corrected chi connectivity index (χ0v) is 19.7. The minimum absolute atomic E-state index is 0.272. The number of carboxylic acid groups (broad SMARTS) is 1. The van der Waals surface area contributed by atoms with Gasteiger partial charge < -0.3 is 9.84 Å². The molecular formula is C28H28N2O4. The summed E-state index contributed by atoms with van der Waals surface area (Å²) >= 11 is 0. The first-order valence-corrected chi connectivity index (χ1v) is 11.6. The van der Waals surface area contributed by atoms with Crippen molar-refractivity contribution in [1.82, 2.24) is 9.55 Å². The second kappa shape index (κ2) is 9.91. The Morgan fingerprint density at radius 3 is 2.50 bits per heavy atom. The highest BCUT2D eigenvalue weighted by atomic mass is 16.5. The molecule has 0 aliphatic carbocycles. The predicted molar refractivity (Wildman–Crippen MR) is 133 cm³/mol. The van der Waals surface area contributed by atoms with Crippen molar-refractivity contribution in [3.8, 4) is 16.8 Å². The standard InChI is InChI=1S/C28H28N2O4/c1-4-6-11-26-29-24-15-12-19(28(33)34-5-2)17-25(24)30(26)20-13-14-21(18(3)16-20)22-9-7-8-10-23(22)27(31)32/h7-10,12-17H,4-6,11H2,1-3H3,(H,31,32). The second-order valence-corrected chi connectivity index (χ2v) is 8.24. The number of hydrogen-bond acceptors (Lipinski definition) is 4. The van der Waals surface area contributed by atoms with Crippen molar-refractivity contribution in [1.29, 1.82) is 0 Å². The maximum absolute atomic E-state index is 12.4. The van der Waals surface area contributed by atoms with Crippen molar-refractivity contribution in [2.24, 2.45) is 0 Å². The van der Waals surface area contributed by atoms with Crippen LogP contribution in [0.25, 0.3) is 27.8 Å². The molecule has 34 heavy (non-hydrogen) atoms. The first-order chi connectivity index (χ1) is 16.4. The quantitative estimate of drug-likeness (QED) is 0.318. The maximum atomic E-state index is 12.4. The number of benzene rings is 3. The summed E-state index contributed by atoms with van der Waals surface area (Å²) in [6, 6.07) is 18.4. The van der Waals surface area contributed by atoms with Crippen molar-refractivity contribution in [3.05, 3.63) is 83.2 Å². The Morgan fingerprint density at radius 2 is 1.79 bits per heavy atom.